The van der Waals surface area contributed by atoms with Gasteiger partial charge in [-0.3, -0.25) is 14.9 Å². The quantitative estimate of drug-likeness (QED) is 0.472. The minimum absolute atomic E-state index is 0.256. The predicted octanol–water partition coefficient (Wildman–Crippen LogP) is 0.905. The molecule has 0 spiro atoms. The highest BCUT2D eigenvalue weighted by atomic mass is 32.1. The highest BCUT2D eigenvalue weighted by Gasteiger charge is 2.12. The number of aryl methyl sites for hydroxylation is 1. The molecule has 0 atom stereocenters. The van der Waals surface area contributed by atoms with E-state index in [9.17, 15) is 4.79 Å². The molecule has 2 heterocycles. The number of thiophene rings is 1. The number of hydrogen-bond acceptors (Lipinski definition) is 4. The molecule has 0 saturated heterocycles. The summed E-state index contributed by atoms with van der Waals surface area (Å²) >= 11 is 1.38. The summed E-state index contributed by atoms with van der Waals surface area (Å²) in [6, 6.07) is 1.91. The van der Waals surface area contributed by atoms with Crippen LogP contribution in [-0.4, -0.2) is 15.7 Å². The second-order valence-electron chi connectivity index (χ2n) is 3.46. The van der Waals surface area contributed by atoms with E-state index < -0.39 is 0 Å². The minimum atomic E-state index is -0.256. The molecule has 0 unspecified atom stereocenters. The zero-order valence-electron chi connectivity index (χ0n) is 8.80. The van der Waals surface area contributed by atoms with Gasteiger partial charge in [0.05, 0.1) is 17.6 Å². The van der Waals surface area contributed by atoms with Gasteiger partial charge in [0.25, 0.3) is 5.91 Å². The van der Waals surface area contributed by atoms with Crippen LogP contribution in [0.1, 0.15) is 20.8 Å². The summed E-state index contributed by atoms with van der Waals surface area (Å²) in [6.45, 7) is 2.56. The first-order chi connectivity index (χ1) is 7.70. The van der Waals surface area contributed by atoms with E-state index in [-0.39, 0.29) is 5.91 Å². The summed E-state index contributed by atoms with van der Waals surface area (Å²) in [5.41, 5.74) is 4.16. The molecule has 0 bridgehead atoms. The van der Waals surface area contributed by atoms with E-state index in [0.29, 0.717) is 11.4 Å². The van der Waals surface area contributed by atoms with E-state index >= 15 is 0 Å². The number of nitrogens with two attached hydrogens (primary N) is 1. The number of hydrazine groups is 1. The SMILES string of the molecule is Cc1cnn(Cc2ccsc2C(=O)NN)c1. The summed E-state index contributed by atoms with van der Waals surface area (Å²) in [5.74, 6) is 4.86. The smallest absolute Gasteiger partial charge is 0.275 e. The van der Waals surface area contributed by atoms with Gasteiger partial charge in [-0.05, 0) is 29.5 Å². The van der Waals surface area contributed by atoms with Gasteiger partial charge in [-0.1, -0.05) is 0 Å². The van der Waals surface area contributed by atoms with Crippen LogP contribution in [0.4, 0.5) is 0 Å². The molecule has 2 aromatic heterocycles. The number of amides is 1. The third-order valence-corrected chi connectivity index (χ3v) is 3.13. The van der Waals surface area contributed by atoms with E-state index in [1.165, 1.54) is 11.3 Å². The first-order valence-corrected chi connectivity index (χ1v) is 5.65. The third kappa shape index (κ3) is 2.12. The summed E-state index contributed by atoms with van der Waals surface area (Å²) < 4.78 is 1.80. The molecule has 2 rings (SSSR count). The normalized spacial score (nSPS) is 10.4. The van der Waals surface area contributed by atoms with E-state index in [1.54, 1.807) is 10.9 Å². The van der Waals surface area contributed by atoms with Crippen molar-refractivity contribution in [3.8, 4) is 0 Å². The molecule has 2 aromatic rings. The predicted molar refractivity (Wildman–Crippen MR) is 62.0 cm³/mol. The summed E-state index contributed by atoms with van der Waals surface area (Å²) in [5, 5.41) is 6.05. The number of nitrogens with one attached hydrogen (secondary N) is 1. The van der Waals surface area contributed by atoms with Gasteiger partial charge in [-0.2, -0.15) is 5.10 Å². The number of rotatable bonds is 3. The van der Waals surface area contributed by atoms with Gasteiger partial charge in [-0.25, -0.2) is 5.84 Å². The van der Waals surface area contributed by atoms with Gasteiger partial charge < -0.3 is 0 Å². The van der Waals surface area contributed by atoms with Crippen LogP contribution in [0.3, 0.4) is 0 Å². The maximum atomic E-state index is 11.4. The van der Waals surface area contributed by atoms with E-state index in [1.807, 2.05) is 24.6 Å². The van der Waals surface area contributed by atoms with Gasteiger partial charge in [0, 0.05) is 6.20 Å². The number of hydrogen-bond donors (Lipinski definition) is 2. The fourth-order valence-corrected chi connectivity index (χ4v) is 2.27. The van der Waals surface area contributed by atoms with Gasteiger partial charge >= 0.3 is 0 Å². The Morgan fingerprint density at radius 2 is 2.50 bits per heavy atom. The Kier molecular flexibility index (Phi) is 3.02. The maximum absolute atomic E-state index is 11.4. The zero-order chi connectivity index (χ0) is 11.5. The zero-order valence-corrected chi connectivity index (χ0v) is 9.62. The molecule has 0 aliphatic carbocycles. The van der Waals surface area contributed by atoms with Crippen molar-refractivity contribution >= 4 is 17.2 Å². The lowest BCUT2D eigenvalue weighted by atomic mass is 10.2. The number of nitrogen functional groups attached to an aromatic ring is 1. The molecule has 84 valence electrons. The lowest BCUT2D eigenvalue weighted by Crippen LogP contribution is -2.30. The Labute approximate surface area is 96.9 Å². The van der Waals surface area contributed by atoms with Gasteiger partial charge in [0.1, 0.15) is 0 Å². The number of nitrogens with zero attached hydrogens (tertiary/aromatic N) is 2. The average molecular weight is 236 g/mol. The van der Waals surface area contributed by atoms with Crippen LogP contribution >= 0.6 is 11.3 Å². The number of carbonyl (C=O) groups is 1. The summed E-state index contributed by atoms with van der Waals surface area (Å²) in [4.78, 5) is 12.1. The van der Waals surface area contributed by atoms with E-state index in [0.717, 1.165) is 11.1 Å². The van der Waals surface area contributed by atoms with Crippen LogP contribution in [0.25, 0.3) is 0 Å². The molecular weight excluding hydrogens is 224 g/mol. The van der Waals surface area contributed by atoms with E-state index in [2.05, 4.69) is 10.5 Å². The third-order valence-electron chi connectivity index (χ3n) is 2.18. The van der Waals surface area contributed by atoms with Crippen molar-refractivity contribution in [1.29, 1.82) is 0 Å². The van der Waals surface area contributed by atoms with Crippen LogP contribution < -0.4 is 11.3 Å². The molecule has 0 fully saturated rings. The molecule has 0 saturated carbocycles. The molecular formula is C10H12N4OS. The average Bonchev–Trinajstić information content (AvgIpc) is 2.87. The van der Waals surface area contributed by atoms with Gasteiger partial charge in [0.15, 0.2) is 0 Å². The van der Waals surface area contributed by atoms with Crippen molar-refractivity contribution < 1.29 is 4.79 Å². The molecule has 0 radical (unpaired) electrons. The molecule has 1 amide bonds. The van der Waals surface area contributed by atoms with Gasteiger partial charge in [-0.15, -0.1) is 11.3 Å². The number of aromatic nitrogens is 2. The van der Waals surface area contributed by atoms with Crippen molar-refractivity contribution in [2.75, 3.05) is 0 Å². The number of carbonyl (C=O) groups excluding carboxylic acids is 1. The summed E-state index contributed by atoms with van der Waals surface area (Å²) in [6.07, 6.45) is 3.72. The van der Waals surface area contributed by atoms with Crippen molar-refractivity contribution in [2.45, 2.75) is 13.5 Å². The van der Waals surface area contributed by atoms with Gasteiger partial charge in [0.2, 0.25) is 0 Å². The van der Waals surface area contributed by atoms with Crippen LogP contribution in [0.2, 0.25) is 0 Å². The van der Waals surface area contributed by atoms with E-state index in [4.69, 9.17) is 5.84 Å². The largest absolute Gasteiger partial charge is 0.289 e. The fourth-order valence-electron chi connectivity index (χ4n) is 1.45. The van der Waals surface area contributed by atoms with Crippen LogP contribution in [0.5, 0.6) is 0 Å². The topological polar surface area (TPSA) is 72.9 Å². The monoisotopic (exact) mass is 236 g/mol. The molecule has 3 N–H and O–H groups in total. The first-order valence-electron chi connectivity index (χ1n) is 4.77. The lowest BCUT2D eigenvalue weighted by molar-refractivity contribution is 0.0956. The molecule has 0 aromatic carbocycles. The van der Waals surface area contributed by atoms with Crippen LogP contribution in [0, 0.1) is 6.92 Å². The highest BCUT2D eigenvalue weighted by Crippen LogP contribution is 2.17. The molecule has 6 heteroatoms. The summed E-state index contributed by atoms with van der Waals surface area (Å²) in [7, 11) is 0. The van der Waals surface area contributed by atoms with Crippen molar-refractivity contribution in [1.82, 2.24) is 15.2 Å². The Morgan fingerprint density at radius 3 is 3.12 bits per heavy atom. The lowest BCUT2D eigenvalue weighted by Gasteiger charge is -2.02. The Hall–Kier alpha value is -1.66. The van der Waals surface area contributed by atoms with Crippen molar-refractivity contribution in [2.24, 2.45) is 5.84 Å². The second-order valence-corrected chi connectivity index (χ2v) is 4.38. The first kappa shape index (κ1) is 10.8. The maximum Gasteiger partial charge on any atom is 0.275 e. The molecule has 0 aliphatic heterocycles. The Morgan fingerprint density at radius 1 is 1.69 bits per heavy atom. The standard InChI is InChI=1S/C10H12N4OS/c1-7-4-12-14(5-7)6-8-2-3-16-9(8)10(15)13-11/h2-5H,6,11H2,1H3,(H,13,15). The molecule has 0 aliphatic rings. The highest BCUT2D eigenvalue weighted by molar-refractivity contribution is 7.12. The van der Waals surface area contributed by atoms with Crippen molar-refractivity contribution in [3.05, 3.63) is 39.8 Å². The molecule has 5 nitrogen and oxygen atoms in total. The van der Waals surface area contributed by atoms with Crippen molar-refractivity contribution in [3.63, 3.8) is 0 Å². The Bertz CT molecular complexity index is 502. The minimum Gasteiger partial charge on any atom is -0.289 e. The van der Waals surface area contributed by atoms with Crippen LogP contribution in [0.15, 0.2) is 23.8 Å². The van der Waals surface area contributed by atoms with Crippen LogP contribution in [-0.2, 0) is 6.54 Å². The molecule has 16 heavy (non-hydrogen) atoms. The Balaban J connectivity index is 2.22. The fraction of sp³-hybridized carbons (Fsp3) is 0.200. The second kappa shape index (κ2) is 4.46.